The van der Waals surface area contributed by atoms with Gasteiger partial charge in [-0.05, 0) is 36.5 Å². The molecular formula is C18H19ClN4O3. The number of halogens is 1. The van der Waals surface area contributed by atoms with Gasteiger partial charge in [-0.3, -0.25) is 4.79 Å². The number of amides is 3. The van der Waals surface area contributed by atoms with Crippen LogP contribution in [0.3, 0.4) is 0 Å². The molecule has 26 heavy (non-hydrogen) atoms. The van der Waals surface area contributed by atoms with Crippen LogP contribution in [0, 0.1) is 5.92 Å². The van der Waals surface area contributed by atoms with Crippen molar-refractivity contribution < 1.29 is 14.0 Å². The van der Waals surface area contributed by atoms with Gasteiger partial charge in [0, 0.05) is 31.2 Å². The van der Waals surface area contributed by atoms with Crippen LogP contribution in [-0.4, -0.2) is 41.5 Å². The molecule has 0 spiro atoms. The van der Waals surface area contributed by atoms with Crippen LogP contribution in [0.25, 0.3) is 0 Å². The van der Waals surface area contributed by atoms with Gasteiger partial charge in [-0.1, -0.05) is 23.7 Å². The van der Waals surface area contributed by atoms with Gasteiger partial charge >= 0.3 is 12.0 Å². The van der Waals surface area contributed by atoms with Crippen molar-refractivity contribution in [2.75, 3.05) is 24.5 Å². The van der Waals surface area contributed by atoms with Crippen LogP contribution in [0.4, 0.5) is 10.8 Å². The molecule has 2 heterocycles. The van der Waals surface area contributed by atoms with Crippen LogP contribution in [0.5, 0.6) is 0 Å². The zero-order valence-electron chi connectivity index (χ0n) is 14.2. The van der Waals surface area contributed by atoms with E-state index in [-0.39, 0.29) is 23.7 Å². The van der Waals surface area contributed by atoms with E-state index < -0.39 is 0 Å². The highest BCUT2D eigenvalue weighted by atomic mass is 35.5. The Morgan fingerprint density at radius 3 is 2.77 bits per heavy atom. The summed E-state index contributed by atoms with van der Waals surface area (Å²) in [5, 5.41) is 3.49. The summed E-state index contributed by atoms with van der Waals surface area (Å²) < 4.78 is 5.50. The van der Waals surface area contributed by atoms with Gasteiger partial charge in [-0.2, -0.15) is 0 Å². The Hall–Kier alpha value is -2.54. The maximum Gasteiger partial charge on any atom is 0.328 e. The van der Waals surface area contributed by atoms with Gasteiger partial charge in [-0.15, -0.1) is 0 Å². The Bertz CT molecular complexity index is 816. The highest BCUT2D eigenvalue weighted by Crippen LogP contribution is 2.28. The molecule has 2 aliphatic rings. The number of urea groups is 1. The number of hydrogen-bond donors (Lipinski definition) is 1. The van der Waals surface area contributed by atoms with Gasteiger partial charge in [0.1, 0.15) is 0 Å². The zero-order chi connectivity index (χ0) is 18.1. The largest absolute Gasteiger partial charge is 0.418 e. The molecule has 2 fully saturated rings. The van der Waals surface area contributed by atoms with E-state index in [1.807, 2.05) is 12.1 Å². The Balaban J connectivity index is 1.38. The third kappa shape index (κ3) is 3.67. The van der Waals surface area contributed by atoms with Crippen LogP contribution < -0.4 is 10.2 Å². The van der Waals surface area contributed by atoms with Crippen molar-refractivity contribution in [1.82, 2.24) is 15.2 Å². The second kappa shape index (κ2) is 6.99. The van der Waals surface area contributed by atoms with Crippen molar-refractivity contribution in [3.8, 4) is 0 Å². The molecular weight excluding hydrogens is 356 g/mol. The minimum absolute atomic E-state index is 0.129. The van der Waals surface area contributed by atoms with Gasteiger partial charge in [0.2, 0.25) is 5.76 Å². The summed E-state index contributed by atoms with van der Waals surface area (Å²) in [5.41, 5.74) is 0.997. The van der Waals surface area contributed by atoms with Crippen molar-refractivity contribution in [2.24, 2.45) is 5.92 Å². The molecule has 1 aromatic heterocycles. The molecule has 3 amide bonds. The summed E-state index contributed by atoms with van der Waals surface area (Å²) in [7, 11) is 0. The number of hydrogen-bond acceptors (Lipinski definition) is 4. The van der Waals surface area contributed by atoms with Gasteiger partial charge in [0.25, 0.3) is 5.91 Å². The number of anilines is 1. The lowest BCUT2D eigenvalue weighted by Gasteiger charge is -2.16. The molecule has 1 N–H and O–H groups in total. The maximum absolute atomic E-state index is 12.6. The maximum atomic E-state index is 12.6. The number of carbonyl (C=O) groups is 2. The van der Waals surface area contributed by atoms with E-state index in [1.54, 1.807) is 17.0 Å². The normalized spacial score (nSPS) is 17.0. The van der Waals surface area contributed by atoms with Gasteiger partial charge in [0.05, 0.1) is 6.20 Å². The zero-order valence-corrected chi connectivity index (χ0v) is 14.9. The molecule has 1 aliphatic heterocycles. The van der Waals surface area contributed by atoms with E-state index in [0.717, 1.165) is 18.4 Å². The Morgan fingerprint density at radius 1 is 1.27 bits per heavy atom. The number of nitrogens with zero attached hydrogens (tertiary/aromatic N) is 3. The predicted molar refractivity (Wildman–Crippen MR) is 96.2 cm³/mol. The summed E-state index contributed by atoms with van der Waals surface area (Å²) in [6.07, 6.45) is 3.69. The smallest absolute Gasteiger partial charge is 0.328 e. The van der Waals surface area contributed by atoms with E-state index in [2.05, 4.69) is 10.3 Å². The van der Waals surface area contributed by atoms with Crippen LogP contribution in [0.2, 0.25) is 5.02 Å². The number of rotatable bonds is 6. The number of oxazole rings is 1. The molecule has 0 atom stereocenters. The summed E-state index contributed by atoms with van der Waals surface area (Å²) in [6.45, 7) is 2.18. The van der Waals surface area contributed by atoms with Crippen molar-refractivity contribution in [3.05, 3.63) is 46.8 Å². The number of benzene rings is 1. The van der Waals surface area contributed by atoms with Gasteiger partial charge in [-0.25, -0.2) is 14.7 Å². The predicted octanol–water partition coefficient (Wildman–Crippen LogP) is 2.91. The molecule has 7 nitrogen and oxygen atoms in total. The van der Waals surface area contributed by atoms with Gasteiger partial charge < -0.3 is 14.6 Å². The summed E-state index contributed by atoms with van der Waals surface area (Å²) in [4.78, 5) is 31.9. The lowest BCUT2D eigenvalue weighted by molar-refractivity contribution is 0.0924. The number of nitrogens with one attached hydrogen (secondary N) is 1. The summed E-state index contributed by atoms with van der Waals surface area (Å²) in [5.74, 6) is 0.424. The second-order valence-corrected chi connectivity index (χ2v) is 7.08. The fourth-order valence-electron chi connectivity index (χ4n) is 2.86. The van der Waals surface area contributed by atoms with Crippen LogP contribution in [-0.2, 0) is 6.54 Å². The molecule has 1 saturated heterocycles. The average Bonchev–Trinajstić information content (AvgIpc) is 3.23. The van der Waals surface area contributed by atoms with E-state index in [0.29, 0.717) is 37.1 Å². The first-order valence-electron chi connectivity index (χ1n) is 8.65. The summed E-state index contributed by atoms with van der Waals surface area (Å²) >= 11 is 5.89. The molecule has 1 aromatic carbocycles. The standard InChI is InChI=1S/C18H19ClN4O3/c19-14-5-3-13(4-6-14)11-22-7-8-23(18(22)25)17-21-10-15(26-17)16(24)20-9-12-1-2-12/h3-6,10,12H,1-2,7-9,11H2,(H,20,24). The van der Waals surface area contributed by atoms with Crippen LogP contribution in [0.1, 0.15) is 29.0 Å². The Morgan fingerprint density at radius 2 is 2.04 bits per heavy atom. The van der Waals surface area contributed by atoms with E-state index in [9.17, 15) is 9.59 Å². The van der Waals surface area contributed by atoms with E-state index in [1.165, 1.54) is 11.1 Å². The molecule has 1 aliphatic carbocycles. The minimum Gasteiger partial charge on any atom is -0.418 e. The number of aromatic nitrogens is 1. The van der Waals surface area contributed by atoms with Crippen molar-refractivity contribution in [1.29, 1.82) is 0 Å². The third-order valence-electron chi connectivity index (χ3n) is 4.58. The molecule has 2 aromatic rings. The van der Waals surface area contributed by atoms with Crippen LogP contribution >= 0.6 is 11.6 Å². The third-order valence-corrected chi connectivity index (χ3v) is 4.83. The first-order chi connectivity index (χ1) is 12.6. The molecule has 4 rings (SSSR count). The summed E-state index contributed by atoms with van der Waals surface area (Å²) in [6, 6.07) is 7.36. The fourth-order valence-corrected chi connectivity index (χ4v) is 2.98. The fraction of sp³-hybridized carbons (Fsp3) is 0.389. The quantitative estimate of drug-likeness (QED) is 0.843. The minimum atomic E-state index is -0.291. The molecule has 136 valence electrons. The van der Waals surface area contributed by atoms with Crippen LogP contribution in [0.15, 0.2) is 34.9 Å². The van der Waals surface area contributed by atoms with Gasteiger partial charge in [0.15, 0.2) is 0 Å². The van der Waals surface area contributed by atoms with Crippen molar-refractivity contribution in [3.63, 3.8) is 0 Å². The van der Waals surface area contributed by atoms with E-state index >= 15 is 0 Å². The molecule has 1 saturated carbocycles. The molecule has 0 radical (unpaired) electrons. The molecule has 0 unspecified atom stereocenters. The number of carbonyl (C=O) groups excluding carboxylic acids is 2. The monoisotopic (exact) mass is 374 g/mol. The highest BCUT2D eigenvalue weighted by Gasteiger charge is 2.33. The molecule has 0 bridgehead atoms. The first-order valence-corrected chi connectivity index (χ1v) is 9.03. The molecule has 8 heteroatoms. The Labute approximate surface area is 155 Å². The highest BCUT2D eigenvalue weighted by molar-refractivity contribution is 6.30. The lowest BCUT2D eigenvalue weighted by atomic mass is 10.2. The topological polar surface area (TPSA) is 78.7 Å². The SMILES string of the molecule is O=C(NCC1CC1)c1cnc(N2CCN(Cc3ccc(Cl)cc3)C2=O)o1. The average molecular weight is 375 g/mol. The van der Waals surface area contributed by atoms with Crippen molar-refractivity contribution >= 4 is 29.6 Å². The Kier molecular flexibility index (Phi) is 4.55. The van der Waals surface area contributed by atoms with E-state index in [4.69, 9.17) is 16.0 Å². The van der Waals surface area contributed by atoms with Crippen molar-refractivity contribution in [2.45, 2.75) is 19.4 Å². The second-order valence-electron chi connectivity index (χ2n) is 6.64. The first kappa shape index (κ1) is 16.9. The lowest BCUT2D eigenvalue weighted by Crippen LogP contribution is -2.31.